The van der Waals surface area contributed by atoms with Gasteiger partial charge in [-0.1, -0.05) is 24.3 Å². The average Bonchev–Trinajstić information content (AvgIpc) is 2.86. The van der Waals surface area contributed by atoms with Crippen molar-refractivity contribution in [1.82, 2.24) is 14.5 Å². The number of hydrogen-bond acceptors (Lipinski definition) is 4. The maximum atomic E-state index is 12.2. The minimum Gasteiger partial charge on any atom is -0.326 e. The molecule has 0 saturated carbocycles. The molecule has 1 aromatic carbocycles. The summed E-state index contributed by atoms with van der Waals surface area (Å²) in [5, 5.41) is 3.87. The number of nitrogens with zero attached hydrogens (tertiary/aromatic N) is 2. The van der Waals surface area contributed by atoms with Crippen molar-refractivity contribution < 1.29 is 8.42 Å². The van der Waals surface area contributed by atoms with Gasteiger partial charge in [0.15, 0.2) is 0 Å². The van der Waals surface area contributed by atoms with Crippen LogP contribution in [0.25, 0.3) is 0 Å². The van der Waals surface area contributed by atoms with E-state index >= 15 is 0 Å². The van der Waals surface area contributed by atoms with Gasteiger partial charge in [0.2, 0.25) is 10.0 Å². The Labute approximate surface area is 118 Å². The normalized spacial score (nSPS) is 13.3. The predicted molar refractivity (Wildman–Crippen MR) is 76.3 cm³/mol. The minimum atomic E-state index is -3.56. The van der Waals surface area contributed by atoms with Crippen LogP contribution in [0.5, 0.6) is 0 Å². The summed E-state index contributed by atoms with van der Waals surface area (Å²) in [5.74, 6) is 0. The third-order valence-electron chi connectivity index (χ3n) is 3.04. The fraction of sp³-hybridized carbons (Fsp3) is 0.308. The molecule has 2 aromatic rings. The van der Waals surface area contributed by atoms with Gasteiger partial charge >= 0.3 is 0 Å². The zero-order chi connectivity index (χ0) is 14.8. The Hall–Kier alpha value is -1.70. The first kappa shape index (κ1) is 14.7. The van der Waals surface area contributed by atoms with E-state index in [-0.39, 0.29) is 10.9 Å². The lowest BCUT2D eigenvalue weighted by atomic mass is 10.1. The van der Waals surface area contributed by atoms with E-state index in [2.05, 4.69) is 9.82 Å². The van der Waals surface area contributed by atoms with Crippen LogP contribution in [0.3, 0.4) is 0 Å². The monoisotopic (exact) mass is 294 g/mol. The molecule has 0 saturated heterocycles. The SMILES string of the molecule is CC(NS(=O)(=O)c1cnn(C)c1)c1ccc(CN)cc1. The number of hydrogen-bond donors (Lipinski definition) is 2. The molecule has 0 aliphatic carbocycles. The molecule has 0 spiro atoms. The largest absolute Gasteiger partial charge is 0.326 e. The van der Waals surface area contributed by atoms with Crippen LogP contribution in [-0.2, 0) is 23.6 Å². The lowest BCUT2D eigenvalue weighted by Gasteiger charge is -2.14. The molecule has 0 radical (unpaired) electrons. The maximum absolute atomic E-state index is 12.2. The molecule has 7 heteroatoms. The van der Waals surface area contributed by atoms with Crippen LogP contribution < -0.4 is 10.5 Å². The number of aromatic nitrogens is 2. The molecule has 20 heavy (non-hydrogen) atoms. The van der Waals surface area contributed by atoms with Crippen molar-refractivity contribution in [3.63, 3.8) is 0 Å². The van der Waals surface area contributed by atoms with E-state index in [1.807, 2.05) is 24.3 Å². The topological polar surface area (TPSA) is 90.0 Å². The number of sulfonamides is 1. The van der Waals surface area contributed by atoms with E-state index in [1.54, 1.807) is 14.0 Å². The summed E-state index contributed by atoms with van der Waals surface area (Å²) in [6.07, 6.45) is 2.79. The van der Waals surface area contributed by atoms with Crippen LogP contribution in [-0.4, -0.2) is 18.2 Å². The standard InChI is InChI=1S/C13H18N4O2S/c1-10(12-5-3-11(7-14)4-6-12)16-20(18,19)13-8-15-17(2)9-13/h3-6,8-10,16H,7,14H2,1-2H3. The fourth-order valence-electron chi connectivity index (χ4n) is 1.85. The summed E-state index contributed by atoms with van der Waals surface area (Å²) in [6.45, 7) is 2.27. The number of nitrogens with one attached hydrogen (secondary N) is 1. The summed E-state index contributed by atoms with van der Waals surface area (Å²) in [5.41, 5.74) is 7.43. The molecule has 0 aliphatic rings. The smallest absolute Gasteiger partial charge is 0.244 e. The van der Waals surface area contributed by atoms with Gasteiger partial charge in [0.25, 0.3) is 0 Å². The lowest BCUT2D eigenvalue weighted by Crippen LogP contribution is -2.26. The molecule has 1 unspecified atom stereocenters. The van der Waals surface area contributed by atoms with Crippen LogP contribution in [0.4, 0.5) is 0 Å². The van der Waals surface area contributed by atoms with Gasteiger partial charge < -0.3 is 5.73 Å². The maximum Gasteiger partial charge on any atom is 0.244 e. The van der Waals surface area contributed by atoms with Crippen LogP contribution in [0.15, 0.2) is 41.6 Å². The molecule has 2 rings (SSSR count). The second-order valence-electron chi connectivity index (χ2n) is 4.64. The molecule has 0 bridgehead atoms. The Morgan fingerprint density at radius 3 is 2.50 bits per heavy atom. The highest BCUT2D eigenvalue weighted by molar-refractivity contribution is 7.89. The fourth-order valence-corrected chi connectivity index (χ4v) is 3.06. The van der Waals surface area contributed by atoms with Crippen molar-refractivity contribution in [1.29, 1.82) is 0 Å². The number of rotatable bonds is 5. The summed E-state index contributed by atoms with van der Waals surface area (Å²) >= 11 is 0. The Morgan fingerprint density at radius 2 is 2.00 bits per heavy atom. The van der Waals surface area contributed by atoms with E-state index in [0.29, 0.717) is 6.54 Å². The third kappa shape index (κ3) is 3.24. The van der Waals surface area contributed by atoms with Gasteiger partial charge in [-0.2, -0.15) is 5.10 Å². The van der Waals surface area contributed by atoms with Gasteiger partial charge in [-0.15, -0.1) is 0 Å². The Kier molecular flexibility index (Phi) is 4.22. The molecular formula is C13H18N4O2S. The summed E-state index contributed by atoms with van der Waals surface area (Å²) in [4.78, 5) is 0.158. The molecular weight excluding hydrogens is 276 g/mol. The Bertz CT molecular complexity index is 677. The molecule has 3 N–H and O–H groups in total. The summed E-state index contributed by atoms with van der Waals surface area (Å²) in [6, 6.07) is 7.21. The highest BCUT2D eigenvalue weighted by atomic mass is 32.2. The summed E-state index contributed by atoms with van der Waals surface area (Å²) in [7, 11) is -1.89. The average molecular weight is 294 g/mol. The molecule has 1 heterocycles. The van der Waals surface area contributed by atoms with E-state index in [4.69, 9.17) is 5.73 Å². The van der Waals surface area contributed by atoms with E-state index in [9.17, 15) is 8.42 Å². The van der Waals surface area contributed by atoms with Crippen molar-refractivity contribution in [2.45, 2.75) is 24.4 Å². The molecule has 1 aromatic heterocycles. The first-order chi connectivity index (χ1) is 9.42. The van der Waals surface area contributed by atoms with Crippen LogP contribution in [0.1, 0.15) is 24.1 Å². The second kappa shape index (κ2) is 5.74. The number of nitrogens with two attached hydrogens (primary N) is 1. The van der Waals surface area contributed by atoms with E-state index in [0.717, 1.165) is 11.1 Å². The van der Waals surface area contributed by atoms with Crippen molar-refractivity contribution in [2.24, 2.45) is 12.8 Å². The van der Waals surface area contributed by atoms with Gasteiger partial charge in [0.1, 0.15) is 4.90 Å². The van der Waals surface area contributed by atoms with Crippen LogP contribution >= 0.6 is 0 Å². The second-order valence-corrected chi connectivity index (χ2v) is 6.35. The number of aryl methyl sites for hydroxylation is 1. The van der Waals surface area contributed by atoms with Crippen molar-refractivity contribution in [3.05, 3.63) is 47.8 Å². The zero-order valence-corrected chi connectivity index (χ0v) is 12.3. The van der Waals surface area contributed by atoms with Crippen molar-refractivity contribution in [3.8, 4) is 0 Å². The van der Waals surface area contributed by atoms with Crippen molar-refractivity contribution >= 4 is 10.0 Å². The van der Waals surface area contributed by atoms with Gasteiger partial charge in [-0.3, -0.25) is 4.68 Å². The Morgan fingerprint density at radius 1 is 1.35 bits per heavy atom. The highest BCUT2D eigenvalue weighted by Gasteiger charge is 2.19. The predicted octanol–water partition coefficient (Wildman–Crippen LogP) is 0.918. The molecule has 108 valence electrons. The van der Waals surface area contributed by atoms with Gasteiger partial charge in [-0.25, -0.2) is 13.1 Å². The highest BCUT2D eigenvalue weighted by Crippen LogP contribution is 2.17. The Balaban J connectivity index is 2.15. The first-order valence-electron chi connectivity index (χ1n) is 6.22. The summed E-state index contributed by atoms with van der Waals surface area (Å²) < 4.78 is 28.4. The first-order valence-corrected chi connectivity index (χ1v) is 7.70. The molecule has 0 aliphatic heterocycles. The zero-order valence-electron chi connectivity index (χ0n) is 11.4. The lowest BCUT2D eigenvalue weighted by molar-refractivity contribution is 0.566. The quantitative estimate of drug-likeness (QED) is 0.858. The van der Waals surface area contributed by atoms with Gasteiger partial charge in [-0.05, 0) is 18.1 Å². The van der Waals surface area contributed by atoms with E-state index < -0.39 is 10.0 Å². The van der Waals surface area contributed by atoms with Gasteiger partial charge in [0, 0.05) is 25.8 Å². The van der Waals surface area contributed by atoms with Gasteiger partial charge in [0.05, 0.1) is 6.20 Å². The van der Waals surface area contributed by atoms with E-state index in [1.165, 1.54) is 17.1 Å². The molecule has 1 atom stereocenters. The van der Waals surface area contributed by atoms with Crippen LogP contribution in [0, 0.1) is 0 Å². The minimum absolute atomic E-state index is 0.158. The van der Waals surface area contributed by atoms with Crippen LogP contribution in [0.2, 0.25) is 0 Å². The molecule has 0 amide bonds. The molecule has 0 fully saturated rings. The third-order valence-corrected chi connectivity index (χ3v) is 4.53. The number of benzene rings is 1. The molecule has 6 nitrogen and oxygen atoms in total. The van der Waals surface area contributed by atoms with Crippen molar-refractivity contribution in [2.75, 3.05) is 0 Å².